The SMILES string of the molecule is COc1cc(Nc2nc3ccccc3nc2NS(=O)c2cccc(C(=O)O)c2)cc(OC)c1. The summed E-state index contributed by atoms with van der Waals surface area (Å²) < 4.78 is 26.5. The molecule has 0 fully saturated rings. The molecule has 10 heteroatoms. The van der Waals surface area contributed by atoms with Crippen LogP contribution >= 0.6 is 0 Å². The van der Waals surface area contributed by atoms with Crippen molar-refractivity contribution in [1.29, 1.82) is 0 Å². The van der Waals surface area contributed by atoms with E-state index in [1.165, 1.54) is 18.2 Å². The number of hydrogen-bond donors (Lipinski definition) is 3. The van der Waals surface area contributed by atoms with Crippen LogP contribution in [0.3, 0.4) is 0 Å². The molecule has 9 nitrogen and oxygen atoms in total. The van der Waals surface area contributed by atoms with Crippen LogP contribution in [0.15, 0.2) is 71.6 Å². The van der Waals surface area contributed by atoms with Gasteiger partial charge in [-0.15, -0.1) is 0 Å². The Kier molecular flexibility index (Phi) is 6.36. The molecular weight excluding hydrogens is 444 g/mol. The second kappa shape index (κ2) is 9.53. The first-order valence-electron chi connectivity index (χ1n) is 9.75. The Morgan fingerprint density at radius 2 is 1.52 bits per heavy atom. The van der Waals surface area contributed by atoms with Gasteiger partial charge in [0, 0.05) is 23.9 Å². The summed E-state index contributed by atoms with van der Waals surface area (Å²) in [6.07, 6.45) is 0. The zero-order valence-corrected chi connectivity index (χ0v) is 18.6. The molecule has 1 aromatic heterocycles. The smallest absolute Gasteiger partial charge is 0.335 e. The van der Waals surface area contributed by atoms with Crippen LogP contribution in [-0.2, 0) is 11.0 Å². The van der Waals surface area contributed by atoms with E-state index in [9.17, 15) is 14.1 Å². The van der Waals surface area contributed by atoms with Crippen molar-refractivity contribution in [3.8, 4) is 11.5 Å². The number of para-hydroxylation sites is 2. The minimum absolute atomic E-state index is 0.0362. The number of carboxylic acids is 1. The van der Waals surface area contributed by atoms with Crippen LogP contribution < -0.4 is 19.5 Å². The molecule has 168 valence electrons. The number of methoxy groups -OCH3 is 2. The number of hydrogen-bond acceptors (Lipinski definition) is 7. The van der Waals surface area contributed by atoms with E-state index in [0.717, 1.165) is 0 Å². The van der Waals surface area contributed by atoms with Gasteiger partial charge in [0.25, 0.3) is 0 Å². The number of nitrogens with one attached hydrogen (secondary N) is 2. The number of fused-ring (bicyclic) bond motifs is 1. The lowest BCUT2D eigenvalue weighted by Gasteiger charge is -2.14. The maximum atomic E-state index is 13.0. The fourth-order valence-electron chi connectivity index (χ4n) is 3.07. The van der Waals surface area contributed by atoms with Crippen LogP contribution in [0.4, 0.5) is 17.3 Å². The standard InChI is InChI=1S/C23H20N4O5S/c1-31-16-11-15(12-17(13-16)32-2)24-21-22(26-20-9-4-3-8-19(20)25-21)27-33(30)18-7-5-6-14(10-18)23(28)29/h3-13H,1-2H3,(H,24,25)(H,26,27)(H,28,29). The highest BCUT2D eigenvalue weighted by atomic mass is 32.2. The number of benzene rings is 3. The Morgan fingerprint density at radius 1 is 0.879 bits per heavy atom. The van der Waals surface area contributed by atoms with E-state index < -0.39 is 17.0 Å². The molecule has 0 spiro atoms. The number of nitrogens with zero attached hydrogens (tertiary/aromatic N) is 2. The van der Waals surface area contributed by atoms with Crippen molar-refractivity contribution < 1.29 is 23.6 Å². The largest absolute Gasteiger partial charge is 0.497 e. The average Bonchev–Trinajstić information content (AvgIpc) is 2.84. The van der Waals surface area contributed by atoms with E-state index in [1.807, 2.05) is 18.2 Å². The van der Waals surface area contributed by atoms with Gasteiger partial charge in [-0.2, -0.15) is 0 Å². The topological polar surface area (TPSA) is 123 Å². The van der Waals surface area contributed by atoms with Crippen LogP contribution in [0.25, 0.3) is 11.0 Å². The van der Waals surface area contributed by atoms with Crippen LogP contribution in [0.5, 0.6) is 11.5 Å². The summed E-state index contributed by atoms with van der Waals surface area (Å²) in [5, 5.41) is 12.4. The number of anilines is 3. The Hall–Kier alpha value is -4.18. The Balaban J connectivity index is 1.73. The van der Waals surface area contributed by atoms with Gasteiger partial charge in [0.1, 0.15) is 11.5 Å². The van der Waals surface area contributed by atoms with E-state index in [1.54, 1.807) is 44.6 Å². The summed E-state index contributed by atoms with van der Waals surface area (Å²) in [7, 11) is 1.31. The van der Waals surface area contributed by atoms with E-state index in [-0.39, 0.29) is 11.4 Å². The first-order valence-corrected chi connectivity index (χ1v) is 10.9. The van der Waals surface area contributed by atoms with Crippen LogP contribution in [0, 0.1) is 0 Å². The third kappa shape index (κ3) is 5.01. The Morgan fingerprint density at radius 3 is 2.12 bits per heavy atom. The van der Waals surface area contributed by atoms with Crippen LogP contribution in [0.2, 0.25) is 0 Å². The number of ether oxygens (including phenoxy) is 2. The van der Waals surface area contributed by atoms with Crippen LogP contribution in [0.1, 0.15) is 10.4 Å². The molecule has 0 saturated heterocycles. The highest BCUT2D eigenvalue weighted by molar-refractivity contribution is 7.86. The third-order valence-corrected chi connectivity index (χ3v) is 5.73. The second-order valence-corrected chi connectivity index (χ2v) is 8.05. The van der Waals surface area contributed by atoms with Crippen molar-refractivity contribution in [2.45, 2.75) is 4.90 Å². The Bertz CT molecular complexity index is 1340. The number of aromatic nitrogens is 2. The fourth-order valence-corrected chi connectivity index (χ4v) is 3.94. The van der Waals surface area contributed by atoms with Gasteiger partial charge < -0.3 is 19.9 Å². The zero-order chi connectivity index (χ0) is 23.4. The Labute approximate surface area is 192 Å². The lowest BCUT2D eigenvalue weighted by atomic mass is 10.2. The first kappa shape index (κ1) is 22.0. The molecule has 0 aliphatic carbocycles. The highest BCUT2D eigenvalue weighted by Crippen LogP contribution is 2.31. The molecule has 0 radical (unpaired) electrons. The van der Waals surface area contributed by atoms with Crippen molar-refractivity contribution in [3.05, 3.63) is 72.3 Å². The van der Waals surface area contributed by atoms with E-state index in [4.69, 9.17) is 9.47 Å². The van der Waals surface area contributed by atoms with Crippen molar-refractivity contribution >= 4 is 45.3 Å². The molecule has 4 rings (SSSR count). The summed E-state index contributed by atoms with van der Waals surface area (Å²) >= 11 is 0. The molecule has 3 N–H and O–H groups in total. The number of aromatic carboxylic acids is 1. The molecule has 4 aromatic rings. The monoisotopic (exact) mass is 464 g/mol. The maximum absolute atomic E-state index is 13.0. The second-order valence-electron chi connectivity index (χ2n) is 6.84. The molecule has 0 saturated carbocycles. The summed E-state index contributed by atoms with van der Waals surface area (Å²) in [6.45, 7) is 0. The van der Waals surface area contributed by atoms with Crippen molar-refractivity contribution in [2.24, 2.45) is 0 Å². The van der Waals surface area contributed by atoms with Crippen LogP contribution in [-0.4, -0.2) is 39.5 Å². The van der Waals surface area contributed by atoms with Gasteiger partial charge in [-0.05, 0) is 30.3 Å². The van der Waals surface area contributed by atoms with Crippen molar-refractivity contribution in [1.82, 2.24) is 9.97 Å². The molecule has 0 bridgehead atoms. The molecule has 1 atom stereocenters. The molecule has 1 unspecified atom stereocenters. The quantitative estimate of drug-likeness (QED) is 0.354. The predicted octanol–water partition coefficient (Wildman–Crippen LogP) is 4.22. The summed E-state index contributed by atoms with van der Waals surface area (Å²) in [6, 6.07) is 18.4. The normalized spacial score (nSPS) is 11.6. The molecule has 0 aliphatic heterocycles. The highest BCUT2D eigenvalue weighted by Gasteiger charge is 2.15. The average molecular weight is 465 g/mol. The molecule has 0 amide bonds. The van der Waals surface area contributed by atoms with Crippen molar-refractivity contribution in [2.75, 3.05) is 24.3 Å². The molecule has 0 aliphatic rings. The summed E-state index contributed by atoms with van der Waals surface area (Å²) in [5.41, 5.74) is 1.90. The van der Waals surface area contributed by atoms with E-state index in [2.05, 4.69) is 20.0 Å². The van der Waals surface area contributed by atoms with Gasteiger partial charge in [-0.1, -0.05) is 18.2 Å². The van der Waals surface area contributed by atoms with E-state index in [0.29, 0.717) is 38.9 Å². The minimum Gasteiger partial charge on any atom is -0.497 e. The zero-order valence-electron chi connectivity index (χ0n) is 17.7. The van der Waals surface area contributed by atoms with Gasteiger partial charge in [-0.25, -0.2) is 19.0 Å². The van der Waals surface area contributed by atoms with Gasteiger partial charge in [-0.3, -0.25) is 4.72 Å². The third-order valence-electron chi connectivity index (χ3n) is 4.67. The van der Waals surface area contributed by atoms with Gasteiger partial charge in [0.2, 0.25) is 0 Å². The van der Waals surface area contributed by atoms with Gasteiger partial charge >= 0.3 is 5.97 Å². The fraction of sp³-hybridized carbons (Fsp3) is 0.0870. The summed E-state index contributed by atoms with van der Waals surface area (Å²) in [4.78, 5) is 20.8. The first-order chi connectivity index (χ1) is 16.0. The van der Waals surface area contributed by atoms with Gasteiger partial charge in [0.15, 0.2) is 22.6 Å². The number of carbonyl (C=O) groups is 1. The lowest BCUT2D eigenvalue weighted by molar-refractivity contribution is 0.0696. The molecular formula is C23H20N4O5S. The molecule has 33 heavy (non-hydrogen) atoms. The molecule has 1 heterocycles. The van der Waals surface area contributed by atoms with Crippen molar-refractivity contribution in [3.63, 3.8) is 0 Å². The predicted molar refractivity (Wildman–Crippen MR) is 126 cm³/mol. The number of carboxylic acid groups (broad SMARTS) is 1. The van der Waals surface area contributed by atoms with Gasteiger partial charge in [0.05, 0.1) is 35.7 Å². The summed E-state index contributed by atoms with van der Waals surface area (Å²) in [5.74, 6) is 0.610. The lowest BCUT2D eigenvalue weighted by Crippen LogP contribution is -2.11. The number of rotatable bonds is 8. The maximum Gasteiger partial charge on any atom is 0.335 e. The molecule has 3 aromatic carbocycles. The van der Waals surface area contributed by atoms with E-state index >= 15 is 0 Å². The minimum atomic E-state index is -1.79.